The van der Waals surface area contributed by atoms with E-state index >= 15 is 0 Å². The predicted octanol–water partition coefficient (Wildman–Crippen LogP) is 0.270. The van der Waals surface area contributed by atoms with Gasteiger partial charge >= 0.3 is 17.9 Å². The number of hydrogen-bond donors (Lipinski definition) is 2. The van der Waals surface area contributed by atoms with Crippen LogP contribution in [0, 0.1) is 0 Å². The van der Waals surface area contributed by atoms with Gasteiger partial charge in [-0.25, -0.2) is 14.4 Å². The minimum atomic E-state index is -1.23. The van der Waals surface area contributed by atoms with E-state index in [1.165, 1.54) is 13.8 Å². The van der Waals surface area contributed by atoms with Crippen LogP contribution in [-0.2, 0) is 19.1 Å². The molecule has 0 aliphatic carbocycles. The molecule has 1 unspecified atom stereocenters. The Morgan fingerprint density at radius 1 is 1.38 bits per heavy atom. The van der Waals surface area contributed by atoms with Gasteiger partial charge in [0.2, 0.25) is 0 Å². The van der Waals surface area contributed by atoms with Gasteiger partial charge in [0.05, 0.1) is 0 Å². The van der Waals surface area contributed by atoms with Crippen molar-refractivity contribution < 1.29 is 29.3 Å². The average Bonchev–Trinajstić information content (AvgIpc) is 2.18. The minimum Gasteiger partial charge on any atom is -0.479 e. The standard InChI is InChI=1S/C7H8O3.C3H6O3/c1-4-6(8)10-7(9)5(2)3;1-2(4)3(5)6/h4H,1-2H2,3H3;2,4H,1H3,(H,5,6). The van der Waals surface area contributed by atoms with E-state index in [1.54, 1.807) is 0 Å². The van der Waals surface area contributed by atoms with Gasteiger partial charge in [0, 0.05) is 11.6 Å². The molecule has 0 aliphatic rings. The predicted molar refractivity (Wildman–Crippen MR) is 55.4 cm³/mol. The van der Waals surface area contributed by atoms with E-state index in [-0.39, 0.29) is 5.57 Å². The molecule has 0 aromatic carbocycles. The number of hydrogen-bond acceptors (Lipinski definition) is 5. The number of carbonyl (C=O) groups is 3. The molecule has 0 saturated carbocycles. The Labute approximate surface area is 92.8 Å². The van der Waals surface area contributed by atoms with E-state index < -0.39 is 24.0 Å². The molecule has 0 spiro atoms. The topological polar surface area (TPSA) is 101 Å². The molecule has 6 nitrogen and oxygen atoms in total. The number of esters is 2. The lowest BCUT2D eigenvalue weighted by Gasteiger charge is -1.95. The molecule has 0 heterocycles. The summed E-state index contributed by atoms with van der Waals surface area (Å²) in [5, 5.41) is 15.8. The number of carbonyl (C=O) groups excluding carboxylic acids is 2. The molecule has 0 aromatic rings. The van der Waals surface area contributed by atoms with Crippen LogP contribution in [0.25, 0.3) is 0 Å². The molecular weight excluding hydrogens is 216 g/mol. The van der Waals surface area contributed by atoms with Gasteiger partial charge in [-0.2, -0.15) is 0 Å². The molecular formula is C10H14O6. The molecule has 0 fully saturated rings. The van der Waals surface area contributed by atoms with Crippen molar-refractivity contribution in [2.45, 2.75) is 20.0 Å². The normalized spacial score (nSPS) is 10.2. The van der Waals surface area contributed by atoms with Gasteiger partial charge in [0.15, 0.2) is 0 Å². The number of ether oxygens (including phenoxy) is 1. The molecule has 16 heavy (non-hydrogen) atoms. The maximum absolute atomic E-state index is 10.5. The number of aliphatic hydroxyl groups is 1. The first kappa shape index (κ1) is 16.5. The summed E-state index contributed by atoms with van der Waals surface area (Å²) in [6.07, 6.45) is -0.314. The minimum absolute atomic E-state index is 0.190. The summed E-state index contributed by atoms with van der Waals surface area (Å²) in [5.74, 6) is -2.66. The van der Waals surface area contributed by atoms with Crippen LogP contribution in [0.4, 0.5) is 0 Å². The quantitative estimate of drug-likeness (QED) is 0.410. The van der Waals surface area contributed by atoms with Crippen molar-refractivity contribution in [3.05, 3.63) is 24.8 Å². The summed E-state index contributed by atoms with van der Waals surface area (Å²) in [6, 6.07) is 0. The molecule has 0 rings (SSSR count). The van der Waals surface area contributed by atoms with Crippen molar-refractivity contribution in [3.63, 3.8) is 0 Å². The second-order valence-electron chi connectivity index (χ2n) is 2.71. The monoisotopic (exact) mass is 230 g/mol. The van der Waals surface area contributed by atoms with Crippen LogP contribution in [0.15, 0.2) is 24.8 Å². The van der Waals surface area contributed by atoms with E-state index in [1.807, 2.05) is 0 Å². The zero-order valence-corrected chi connectivity index (χ0v) is 9.10. The first-order valence-corrected chi connectivity index (χ1v) is 4.17. The maximum atomic E-state index is 10.5. The second-order valence-corrected chi connectivity index (χ2v) is 2.71. The Morgan fingerprint density at radius 3 is 1.94 bits per heavy atom. The molecule has 0 aliphatic heterocycles. The molecule has 90 valence electrons. The lowest BCUT2D eigenvalue weighted by molar-refractivity contribution is -0.153. The third kappa shape index (κ3) is 10.1. The highest BCUT2D eigenvalue weighted by molar-refractivity contribution is 5.98. The average molecular weight is 230 g/mol. The molecule has 2 N–H and O–H groups in total. The van der Waals surface area contributed by atoms with Crippen molar-refractivity contribution >= 4 is 17.9 Å². The summed E-state index contributed by atoms with van der Waals surface area (Å²) in [5.41, 5.74) is 0.190. The molecule has 0 amide bonds. The number of aliphatic hydroxyl groups excluding tert-OH is 1. The number of carboxylic acid groups (broad SMARTS) is 1. The van der Waals surface area contributed by atoms with E-state index in [2.05, 4.69) is 17.9 Å². The highest BCUT2D eigenvalue weighted by Crippen LogP contribution is 1.92. The molecule has 6 heteroatoms. The maximum Gasteiger partial charge on any atom is 0.340 e. The van der Waals surface area contributed by atoms with Crippen LogP contribution in [0.2, 0.25) is 0 Å². The van der Waals surface area contributed by atoms with Crippen molar-refractivity contribution in [1.29, 1.82) is 0 Å². The largest absolute Gasteiger partial charge is 0.479 e. The summed E-state index contributed by atoms with van der Waals surface area (Å²) in [7, 11) is 0. The summed E-state index contributed by atoms with van der Waals surface area (Å²) >= 11 is 0. The Balaban J connectivity index is 0. The van der Waals surface area contributed by atoms with Crippen LogP contribution >= 0.6 is 0 Å². The van der Waals surface area contributed by atoms with Crippen LogP contribution in [0.1, 0.15) is 13.8 Å². The zero-order chi connectivity index (χ0) is 13.3. The van der Waals surface area contributed by atoms with Gasteiger partial charge in [-0.05, 0) is 13.8 Å². The molecule has 0 bridgehead atoms. The van der Waals surface area contributed by atoms with Crippen molar-refractivity contribution in [1.82, 2.24) is 0 Å². The van der Waals surface area contributed by atoms with Crippen molar-refractivity contribution in [2.24, 2.45) is 0 Å². The fourth-order valence-corrected chi connectivity index (χ4v) is 0.220. The van der Waals surface area contributed by atoms with Crippen LogP contribution < -0.4 is 0 Å². The van der Waals surface area contributed by atoms with Crippen LogP contribution in [-0.4, -0.2) is 34.2 Å². The van der Waals surface area contributed by atoms with Gasteiger partial charge in [-0.1, -0.05) is 13.2 Å². The van der Waals surface area contributed by atoms with E-state index in [0.717, 1.165) is 6.08 Å². The SMILES string of the molecule is C=CC(=O)OC(=O)C(=C)C.CC(O)C(=O)O. The summed E-state index contributed by atoms with van der Waals surface area (Å²) in [4.78, 5) is 30.3. The third-order valence-corrected chi connectivity index (χ3v) is 1.07. The fourth-order valence-electron chi connectivity index (χ4n) is 0.220. The third-order valence-electron chi connectivity index (χ3n) is 1.07. The van der Waals surface area contributed by atoms with Crippen LogP contribution in [0.3, 0.4) is 0 Å². The Bertz CT molecular complexity index is 302. The van der Waals surface area contributed by atoms with Gasteiger partial charge in [-0.3, -0.25) is 0 Å². The lowest BCUT2D eigenvalue weighted by atomic mass is 10.4. The van der Waals surface area contributed by atoms with Crippen molar-refractivity contribution in [2.75, 3.05) is 0 Å². The molecule has 0 saturated heterocycles. The first-order valence-electron chi connectivity index (χ1n) is 4.17. The summed E-state index contributed by atoms with van der Waals surface area (Å²) < 4.78 is 4.17. The molecule has 1 atom stereocenters. The highest BCUT2D eigenvalue weighted by Gasteiger charge is 2.06. The number of rotatable bonds is 3. The summed E-state index contributed by atoms with van der Waals surface area (Å²) in [6.45, 7) is 9.05. The van der Waals surface area contributed by atoms with Crippen LogP contribution in [0.5, 0.6) is 0 Å². The number of aliphatic carboxylic acids is 1. The zero-order valence-electron chi connectivity index (χ0n) is 9.10. The second kappa shape index (κ2) is 8.37. The van der Waals surface area contributed by atoms with Gasteiger partial charge in [0.1, 0.15) is 6.10 Å². The Hall–Kier alpha value is -1.95. The first-order chi connectivity index (χ1) is 7.22. The smallest absolute Gasteiger partial charge is 0.340 e. The van der Waals surface area contributed by atoms with Gasteiger partial charge in [0.25, 0.3) is 0 Å². The van der Waals surface area contributed by atoms with Gasteiger partial charge in [-0.15, -0.1) is 0 Å². The van der Waals surface area contributed by atoms with E-state index in [4.69, 9.17) is 10.2 Å². The van der Waals surface area contributed by atoms with E-state index in [0.29, 0.717) is 0 Å². The molecule has 0 aromatic heterocycles. The Kier molecular flexibility index (Phi) is 8.62. The lowest BCUT2D eigenvalue weighted by Crippen LogP contribution is -2.13. The van der Waals surface area contributed by atoms with Crippen molar-refractivity contribution in [3.8, 4) is 0 Å². The molecule has 0 radical (unpaired) electrons. The fraction of sp³-hybridized carbons (Fsp3) is 0.300. The highest BCUT2D eigenvalue weighted by atomic mass is 16.6. The Morgan fingerprint density at radius 2 is 1.75 bits per heavy atom. The van der Waals surface area contributed by atoms with E-state index in [9.17, 15) is 14.4 Å². The number of carboxylic acids is 1. The van der Waals surface area contributed by atoms with Gasteiger partial charge < -0.3 is 14.9 Å².